The maximum absolute atomic E-state index is 9.74. The first-order valence-electron chi connectivity index (χ1n) is 25.4. The quantitative estimate of drug-likeness (QED) is 0.181. The molecule has 0 atom stereocenters. The van der Waals surface area contributed by atoms with E-state index in [9.17, 15) is 6.85 Å². The molecule has 4 nitrogen and oxygen atoms in total. The third-order valence-corrected chi connectivity index (χ3v) is 10.4. The second-order valence-electron chi connectivity index (χ2n) is 13.5. The molecule has 260 valence electrons. The Morgan fingerprint density at radius 3 is 1.75 bits per heavy atom. The average Bonchev–Trinajstić information content (AvgIpc) is 3.93. The van der Waals surface area contributed by atoms with Gasteiger partial charge in [0.15, 0.2) is 5.82 Å². The third kappa shape index (κ3) is 4.60. The van der Waals surface area contributed by atoms with Crippen molar-refractivity contribution in [1.29, 1.82) is 0 Å². The van der Waals surface area contributed by atoms with Crippen LogP contribution in [-0.2, 0) is 0 Å². The molecule has 0 saturated heterocycles. The monoisotopic (exact) mass is 727 g/mol. The van der Waals surface area contributed by atoms with Crippen molar-refractivity contribution < 1.29 is 20.6 Å². The zero-order valence-corrected chi connectivity index (χ0v) is 29.1. The van der Waals surface area contributed by atoms with Gasteiger partial charge in [-0.2, -0.15) is 0 Å². The van der Waals surface area contributed by atoms with Gasteiger partial charge >= 0.3 is 0 Å². The second-order valence-corrected chi connectivity index (χ2v) is 13.5. The summed E-state index contributed by atoms with van der Waals surface area (Å²) in [6.07, 6.45) is 0. The largest absolute Gasteiger partial charge is 0.309 e. The maximum Gasteiger partial charge on any atom is 0.160 e. The second kappa shape index (κ2) is 12.0. The van der Waals surface area contributed by atoms with Gasteiger partial charge in [0.2, 0.25) is 0 Å². The van der Waals surface area contributed by atoms with E-state index in [0.717, 1.165) is 48.4 Å². The molecule has 0 aliphatic carbocycles. The third-order valence-electron chi connectivity index (χ3n) is 10.4. The number of hydrogen-bond acceptors (Lipinski definition) is 2. The Bertz CT molecular complexity index is 4400. The van der Waals surface area contributed by atoms with Crippen LogP contribution in [0, 0.1) is 0 Å². The van der Waals surface area contributed by atoms with Crippen LogP contribution >= 0.6 is 0 Å². The lowest BCUT2D eigenvalue weighted by atomic mass is 10.0. The Labute approximate surface area is 343 Å². The molecule has 4 heteroatoms. The molecular weight excluding hydrogens is 681 g/mol. The molecule has 0 fully saturated rings. The van der Waals surface area contributed by atoms with E-state index in [2.05, 4.69) is 24.3 Å². The minimum Gasteiger partial charge on any atom is -0.309 e. The molecule has 0 bridgehead atoms. The average molecular weight is 728 g/mol. The summed E-state index contributed by atoms with van der Waals surface area (Å²) < 4.78 is 137. The molecule has 0 aliphatic heterocycles. The van der Waals surface area contributed by atoms with Crippen LogP contribution < -0.4 is 0 Å². The van der Waals surface area contributed by atoms with Gasteiger partial charge in [-0.05, 0) is 88.1 Å². The number of aromatic nitrogens is 4. The summed E-state index contributed by atoms with van der Waals surface area (Å²) in [5, 5.41) is 3.95. The van der Waals surface area contributed by atoms with E-state index >= 15 is 0 Å². The van der Waals surface area contributed by atoms with E-state index in [-0.39, 0.29) is 43.6 Å². The number of rotatable bonds is 4. The van der Waals surface area contributed by atoms with Crippen LogP contribution in [-0.4, -0.2) is 19.1 Å². The Balaban J connectivity index is 1.15. The normalized spacial score (nSPS) is 15.7. The van der Waals surface area contributed by atoms with Gasteiger partial charge in [0.05, 0.1) is 53.8 Å². The Morgan fingerprint density at radius 1 is 0.393 bits per heavy atom. The van der Waals surface area contributed by atoms with Crippen LogP contribution in [0.4, 0.5) is 0 Å². The van der Waals surface area contributed by atoms with Gasteiger partial charge in [-0.15, -0.1) is 0 Å². The van der Waals surface area contributed by atoms with Gasteiger partial charge in [0, 0.05) is 49.4 Å². The summed E-state index contributed by atoms with van der Waals surface area (Å²) >= 11 is 0. The number of para-hydroxylation sites is 4. The van der Waals surface area contributed by atoms with Gasteiger partial charge < -0.3 is 9.13 Å². The molecular formula is C52H32N4. The van der Waals surface area contributed by atoms with Gasteiger partial charge in [0.1, 0.15) is 0 Å². The van der Waals surface area contributed by atoms with Crippen LogP contribution in [0.2, 0.25) is 0 Å². The molecule has 12 aromatic rings. The zero-order valence-electron chi connectivity index (χ0n) is 44.1. The van der Waals surface area contributed by atoms with Crippen molar-refractivity contribution in [3.8, 4) is 34.0 Å². The van der Waals surface area contributed by atoms with Crippen LogP contribution in [0.1, 0.15) is 20.6 Å². The standard InChI is InChI=1S/C52H32N4/c1-2-14-39(15-3-1)55-45-20-10-7-17-42(45)49-47(55)28-29-48-50(49)43-18-8-11-21-46(43)56(48)40-27-26-35-31-38(25-23-36(35)32-40)52-53-44-19-9-6-16-41(44)51(54-52)37-24-22-33-12-4-5-13-34(33)30-37/h1-32H/i1D,2D,3D,7D,8D,10D,11D,14D,15D,17D,18D,20D,21D,28D,29D. The molecule has 0 aliphatic rings. The van der Waals surface area contributed by atoms with Crippen molar-refractivity contribution in [1.82, 2.24) is 19.1 Å². The molecule has 12 rings (SSSR count). The van der Waals surface area contributed by atoms with E-state index in [1.54, 1.807) is 12.1 Å². The highest BCUT2D eigenvalue weighted by molar-refractivity contribution is 6.29. The van der Waals surface area contributed by atoms with Crippen molar-refractivity contribution in [2.24, 2.45) is 0 Å². The number of benzene rings is 9. The highest BCUT2D eigenvalue weighted by atomic mass is 15.0. The topological polar surface area (TPSA) is 35.6 Å². The van der Waals surface area contributed by atoms with E-state index < -0.39 is 96.3 Å². The summed E-state index contributed by atoms with van der Waals surface area (Å²) in [5.41, 5.74) is 2.13. The molecule has 0 N–H and O–H groups in total. The molecule has 0 saturated carbocycles. The number of fused-ring (bicyclic) bond motifs is 10. The van der Waals surface area contributed by atoms with Gasteiger partial charge in [-0.3, -0.25) is 0 Å². The van der Waals surface area contributed by atoms with E-state index in [1.807, 2.05) is 66.7 Å². The predicted octanol–water partition coefficient (Wildman–Crippen LogP) is 13.5. The van der Waals surface area contributed by atoms with Crippen LogP contribution in [0.25, 0.3) is 110 Å². The lowest BCUT2D eigenvalue weighted by molar-refractivity contribution is 1.17. The highest BCUT2D eigenvalue weighted by Crippen LogP contribution is 2.42. The lowest BCUT2D eigenvalue weighted by Gasteiger charge is -2.12. The number of nitrogens with zero attached hydrogens (tertiary/aromatic N) is 4. The summed E-state index contributed by atoms with van der Waals surface area (Å²) in [5.74, 6) is 0.489. The summed E-state index contributed by atoms with van der Waals surface area (Å²) in [6, 6.07) is 23.4. The molecule has 3 aromatic heterocycles. The molecule has 0 unspecified atom stereocenters. The Hall–Kier alpha value is -7.56. The fraction of sp³-hybridized carbons (Fsp3) is 0. The Kier molecular flexibility index (Phi) is 4.21. The Morgan fingerprint density at radius 2 is 0.964 bits per heavy atom. The van der Waals surface area contributed by atoms with Crippen molar-refractivity contribution >= 4 is 76.1 Å². The van der Waals surface area contributed by atoms with Gasteiger partial charge in [0.25, 0.3) is 0 Å². The van der Waals surface area contributed by atoms with Crippen molar-refractivity contribution in [3.63, 3.8) is 0 Å². The van der Waals surface area contributed by atoms with Crippen LogP contribution in [0.15, 0.2) is 194 Å². The molecule has 0 amide bonds. The van der Waals surface area contributed by atoms with E-state index in [0.29, 0.717) is 16.9 Å². The first kappa shape index (κ1) is 19.7. The fourth-order valence-electron chi connectivity index (χ4n) is 7.95. The first-order valence-corrected chi connectivity index (χ1v) is 17.9. The predicted molar refractivity (Wildman–Crippen MR) is 234 cm³/mol. The summed E-state index contributed by atoms with van der Waals surface area (Å²) in [7, 11) is 0. The maximum atomic E-state index is 9.74. The first-order chi connectivity index (χ1) is 34.0. The minimum absolute atomic E-state index is 0.0599. The van der Waals surface area contributed by atoms with E-state index in [1.165, 1.54) is 4.57 Å². The lowest BCUT2D eigenvalue weighted by Crippen LogP contribution is -1.96. The van der Waals surface area contributed by atoms with Crippen LogP contribution in [0.5, 0.6) is 0 Å². The highest BCUT2D eigenvalue weighted by Gasteiger charge is 2.20. The van der Waals surface area contributed by atoms with Crippen molar-refractivity contribution in [3.05, 3.63) is 194 Å². The van der Waals surface area contributed by atoms with E-state index in [4.69, 9.17) is 23.7 Å². The van der Waals surface area contributed by atoms with Gasteiger partial charge in [-0.1, -0.05) is 127 Å². The zero-order chi connectivity index (χ0) is 49.8. The molecule has 0 radical (unpaired) electrons. The number of hydrogen-bond donors (Lipinski definition) is 0. The van der Waals surface area contributed by atoms with Crippen LogP contribution in [0.3, 0.4) is 0 Å². The summed E-state index contributed by atoms with van der Waals surface area (Å²) in [4.78, 5) is 10.1. The van der Waals surface area contributed by atoms with Gasteiger partial charge in [-0.25, -0.2) is 9.97 Å². The smallest absolute Gasteiger partial charge is 0.160 e. The molecule has 0 spiro atoms. The summed E-state index contributed by atoms with van der Waals surface area (Å²) in [6.45, 7) is 0. The molecule has 9 aromatic carbocycles. The SMILES string of the molecule is [2H]c1c([2H])c([2H])c(-n2c3c([2H])c([2H])c([2H])c([2H])c3c3c4c5c([2H])c([2H])c([2H])c([2H])c5n(-c5ccc6cc(-c7nc(-c8ccc9ccccc9c8)c8ccccc8n7)ccc6c5)c4c([2H])c([2H])c32)c([2H])c1[2H]. The van der Waals surface area contributed by atoms with Crippen molar-refractivity contribution in [2.45, 2.75) is 0 Å². The minimum atomic E-state index is -0.750. The fourth-order valence-corrected chi connectivity index (χ4v) is 7.95. The molecule has 3 heterocycles. The molecule has 56 heavy (non-hydrogen) atoms. The van der Waals surface area contributed by atoms with Crippen molar-refractivity contribution in [2.75, 3.05) is 0 Å².